The van der Waals surface area contributed by atoms with Gasteiger partial charge in [-0.05, 0) is 56.7 Å². The van der Waals surface area contributed by atoms with Crippen molar-refractivity contribution in [1.82, 2.24) is 42.1 Å². The number of nitrogens with one attached hydrogen (secondary N) is 7. The highest BCUT2D eigenvalue weighted by Crippen LogP contribution is 2.26. The minimum absolute atomic E-state index is 0.0630. The van der Waals surface area contributed by atoms with Gasteiger partial charge in [-0.25, -0.2) is 9.59 Å². The number of carbonyl (C=O) groups excluding carboxylic acids is 7. The van der Waals surface area contributed by atoms with Crippen LogP contribution in [0.15, 0.2) is 102 Å². The Morgan fingerprint density at radius 2 is 1.48 bits per heavy atom. The summed E-state index contributed by atoms with van der Waals surface area (Å²) in [7, 11) is 2.84. The van der Waals surface area contributed by atoms with E-state index < -0.39 is 120 Å². The molecule has 4 rings (SSSR count). The summed E-state index contributed by atoms with van der Waals surface area (Å²) in [5.41, 5.74) is 3.02. The number of fused-ring (bicyclic) bond motifs is 1. The van der Waals surface area contributed by atoms with E-state index in [1.54, 1.807) is 19.3 Å². The maximum absolute atomic E-state index is 14.7. The summed E-state index contributed by atoms with van der Waals surface area (Å²) < 4.78 is 5.84. The van der Waals surface area contributed by atoms with Crippen LogP contribution >= 0.6 is 0 Å². The molecule has 11 atom stereocenters. The van der Waals surface area contributed by atoms with Crippen molar-refractivity contribution < 1.29 is 58.1 Å². The second-order valence-corrected chi connectivity index (χ2v) is 18.2. The molecule has 1 saturated heterocycles. The normalized spacial score (nSPS) is 28.1. The maximum atomic E-state index is 14.7. The number of carboxylic acids is 2. The molecule has 71 heavy (non-hydrogen) atoms. The highest BCUT2D eigenvalue weighted by atomic mass is 16.5. The van der Waals surface area contributed by atoms with Crippen LogP contribution in [0.5, 0.6) is 0 Å². The summed E-state index contributed by atoms with van der Waals surface area (Å²) in [6.07, 6.45) is 12.2. The maximum Gasteiger partial charge on any atom is 0.327 e. The number of rotatable bonds is 11. The lowest BCUT2D eigenvalue weighted by molar-refractivity contribution is -0.146. The molecule has 2 aliphatic heterocycles. The number of methoxy groups -OCH3 is 1. The van der Waals surface area contributed by atoms with Crippen molar-refractivity contribution in [2.75, 3.05) is 20.7 Å². The van der Waals surface area contributed by atoms with Gasteiger partial charge in [-0.2, -0.15) is 0 Å². The minimum atomic E-state index is -1.86. The molecule has 384 valence electrons. The van der Waals surface area contributed by atoms with Crippen molar-refractivity contribution in [2.45, 2.75) is 116 Å². The van der Waals surface area contributed by atoms with Crippen LogP contribution in [-0.2, 0) is 54.3 Å². The number of nitrogens with zero attached hydrogens (tertiary/aromatic N) is 1. The summed E-state index contributed by atoms with van der Waals surface area (Å²) in [4.78, 5) is 122. The zero-order chi connectivity index (χ0) is 52.7. The number of allylic oxidation sites excluding steroid dienone is 4. The quantitative estimate of drug-likeness (QED) is 0.112. The first kappa shape index (κ1) is 56.4. The average molecular weight is 985 g/mol. The van der Waals surface area contributed by atoms with E-state index in [0.717, 1.165) is 27.2 Å². The summed E-state index contributed by atoms with van der Waals surface area (Å²) in [5.74, 6) is -11.9. The lowest BCUT2D eigenvalue weighted by Crippen LogP contribution is -2.58. The number of aliphatic carboxylic acids is 2. The van der Waals surface area contributed by atoms with Crippen LogP contribution in [0, 0.1) is 17.8 Å². The number of hydrogen-bond donors (Lipinski definition) is 9. The van der Waals surface area contributed by atoms with E-state index in [9.17, 15) is 53.4 Å². The van der Waals surface area contributed by atoms with Crippen LogP contribution in [0.2, 0.25) is 0 Å². The first-order valence-corrected chi connectivity index (χ1v) is 23.5. The van der Waals surface area contributed by atoms with Gasteiger partial charge >= 0.3 is 11.9 Å². The predicted octanol–water partition coefficient (Wildman–Crippen LogP) is 1.32. The van der Waals surface area contributed by atoms with E-state index in [1.807, 2.05) is 74.6 Å². The molecule has 0 spiro atoms. The molecule has 20 nitrogen and oxygen atoms in total. The molecule has 2 heterocycles. The van der Waals surface area contributed by atoms with Gasteiger partial charge < -0.3 is 57.1 Å². The highest BCUT2D eigenvalue weighted by molar-refractivity contribution is 6.00. The van der Waals surface area contributed by atoms with Crippen LogP contribution in [0.4, 0.5) is 0 Å². The standard InChI is InChI=1S/C51H68N8O12/c1-27(23-28(2)41(71-9)24-34-15-11-10-12-16-34)19-20-37-29(3)44(61)56-39(50(67)68)21-22-42(60)59(8)33(7)48(65)54-31(5)46(63)53-32(6)47(64)58-43(51(69)70)30(4)45(62)57-40(49(66)55-37)25-35-26-52-38-18-14-13-17-36(35)38/h10-20,23,28-32,37-41,43,52H,7,21-22,24-26H2,1-6,8-9H3,(H,53,63)(H,54,65)(H,55,66)(H,56,61)(H,57,62)(H,58,64)(H,67,68)(H,69,70)/b20-19+,27-23+/t28-,29-,30-,31+,32-,37?,38?,39+,40?,41-,43?/m0/s1. The monoisotopic (exact) mass is 984 g/mol. The minimum Gasteiger partial charge on any atom is -0.480 e. The summed E-state index contributed by atoms with van der Waals surface area (Å²) in [6.45, 7) is 13.0. The first-order valence-electron chi connectivity index (χ1n) is 23.5. The average Bonchev–Trinajstić information content (AvgIpc) is 3.75. The molecular formula is C51H68N8O12. The van der Waals surface area contributed by atoms with Gasteiger partial charge in [0.05, 0.1) is 30.0 Å². The molecule has 9 N–H and O–H groups in total. The van der Waals surface area contributed by atoms with Crippen molar-refractivity contribution in [3.8, 4) is 0 Å². The second-order valence-electron chi connectivity index (χ2n) is 18.2. The summed E-state index contributed by atoms with van der Waals surface area (Å²) in [6, 6.07) is 0.963. The molecule has 4 unspecified atom stereocenters. The Bertz CT molecular complexity index is 2360. The Kier molecular flexibility index (Phi) is 20.8. The second kappa shape index (κ2) is 26.1. The van der Waals surface area contributed by atoms with Gasteiger partial charge in [0.25, 0.3) is 5.91 Å². The van der Waals surface area contributed by atoms with E-state index in [4.69, 9.17) is 4.74 Å². The van der Waals surface area contributed by atoms with Crippen LogP contribution < -0.4 is 37.2 Å². The molecule has 0 bridgehead atoms. The van der Waals surface area contributed by atoms with Crippen molar-refractivity contribution in [2.24, 2.45) is 17.8 Å². The third-order valence-corrected chi connectivity index (χ3v) is 12.8. The molecule has 20 heteroatoms. The molecule has 1 fully saturated rings. The molecule has 1 aromatic carbocycles. The zero-order valence-electron chi connectivity index (χ0n) is 41.4. The van der Waals surface area contributed by atoms with Gasteiger partial charge in [-0.3, -0.25) is 33.6 Å². The van der Waals surface area contributed by atoms with E-state index in [0.29, 0.717) is 13.0 Å². The number of benzene rings is 1. The van der Waals surface area contributed by atoms with Crippen molar-refractivity contribution in [3.63, 3.8) is 0 Å². The molecule has 1 aliphatic carbocycles. The third-order valence-electron chi connectivity index (χ3n) is 12.8. The molecule has 0 radical (unpaired) electrons. The topological polar surface area (TPSA) is 291 Å². The Labute approximate surface area is 413 Å². The Balaban J connectivity index is 1.77. The zero-order valence-corrected chi connectivity index (χ0v) is 41.4. The Morgan fingerprint density at radius 3 is 2.13 bits per heavy atom. The van der Waals surface area contributed by atoms with Gasteiger partial charge in [-0.15, -0.1) is 0 Å². The van der Waals surface area contributed by atoms with E-state index in [2.05, 4.69) is 43.8 Å². The smallest absolute Gasteiger partial charge is 0.327 e. The molecule has 0 saturated carbocycles. The van der Waals surface area contributed by atoms with Crippen LogP contribution in [0.25, 0.3) is 0 Å². The van der Waals surface area contributed by atoms with Crippen molar-refractivity contribution in [1.29, 1.82) is 0 Å². The third kappa shape index (κ3) is 15.9. The number of ether oxygens (including phenoxy) is 1. The van der Waals surface area contributed by atoms with Gasteiger partial charge in [0.2, 0.25) is 35.4 Å². The van der Waals surface area contributed by atoms with Gasteiger partial charge in [-0.1, -0.05) is 106 Å². The summed E-state index contributed by atoms with van der Waals surface area (Å²) >= 11 is 0. The Morgan fingerprint density at radius 1 is 0.831 bits per heavy atom. The summed E-state index contributed by atoms with van der Waals surface area (Å²) in [5, 5.41) is 38.9. The number of amides is 7. The number of likely N-dealkylation sites (N-methyl/N-ethyl adjacent to an activating group) is 1. The molecule has 7 amide bonds. The van der Waals surface area contributed by atoms with Gasteiger partial charge in [0, 0.05) is 33.0 Å². The first-order chi connectivity index (χ1) is 33.5. The molecule has 1 aromatic rings. The van der Waals surface area contributed by atoms with E-state index >= 15 is 0 Å². The largest absolute Gasteiger partial charge is 0.480 e. The molecule has 3 aliphatic rings. The van der Waals surface area contributed by atoms with Crippen LogP contribution in [0.1, 0.15) is 66.4 Å². The van der Waals surface area contributed by atoms with Gasteiger partial charge in [0.15, 0.2) is 0 Å². The molecular weight excluding hydrogens is 917 g/mol. The fourth-order valence-electron chi connectivity index (χ4n) is 8.15. The SMILES string of the molecule is C=C1C(=O)N[C@H](C)C(=O)N[C@@H](C)C(=O)NC(C(=O)O)[C@H](C)C(=O)NC(CC2=C3C=CC=CC3NC2)C(=O)NC(/C=C/C(C)=C/[C@H](C)[C@H](Cc2ccccc2)OC)[C@H](C)C(=O)N[C@@H](C(=O)O)CCC(=O)N1C. The highest BCUT2D eigenvalue weighted by Gasteiger charge is 2.38. The lowest BCUT2D eigenvalue weighted by atomic mass is 9.93. The molecule has 0 aromatic heterocycles. The number of carbonyl (C=O) groups is 9. The van der Waals surface area contributed by atoms with Crippen LogP contribution in [-0.4, -0.2) is 138 Å². The number of hydrogen-bond acceptors (Lipinski definition) is 11. The van der Waals surface area contributed by atoms with Crippen molar-refractivity contribution >= 4 is 53.3 Å². The lowest BCUT2D eigenvalue weighted by Gasteiger charge is -2.28. The van der Waals surface area contributed by atoms with Crippen molar-refractivity contribution in [3.05, 3.63) is 107 Å². The van der Waals surface area contributed by atoms with Gasteiger partial charge in [0.1, 0.15) is 35.9 Å². The fraction of sp³-hybridized carbons (Fsp3) is 0.471. The predicted molar refractivity (Wildman–Crippen MR) is 262 cm³/mol. The number of carboxylic acid groups (broad SMARTS) is 2. The van der Waals surface area contributed by atoms with Crippen LogP contribution in [0.3, 0.4) is 0 Å². The fourth-order valence-corrected chi connectivity index (χ4v) is 8.15. The van der Waals surface area contributed by atoms with E-state index in [-0.39, 0.29) is 24.5 Å². The van der Waals surface area contributed by atoms with E-state index in [1.165, 1.54) is 34.7 Å². The Hall–Kier alpha value is -7.19.